The van der Waals surface area contributed by atoms with Gasteiger partial charge >= 0.3 is 0 Å². The summed E-state index contributed by atoms with van der Waals surface area (Å²) in [6.07, 6.45) is 0.423. The molecule has 0 aromatic heterocycles. The van der Waals surface area contributed by atoms with Gasteiger partial charge < -0.3 is 15.0 Å². The Labute approximate surface area is 215 Å². The molecule has 0 saturated carbocycles. The first kappa shape index (κ1) is 25.7. The van der Waals surface area contributed by atoms with Crippen LogP contribution >= 0.6 is 22.6 Å². The summed E-state index contributed by atoms with van der Waals surface area (Å²) in [5.74, 6) is 0.542. The minimum Gasteiger partial charge on any atom is -0.484 e. The van der Waals surface area contributed by atoms with Crippen molar-refractivity contribution in [3.63, 3.8) is 0 Å². The number of carbonyl (C=O) groups excluding carboxylic acids is 2. The SMILES string of the molecule is CC(C)CNC(=O)C(Cc1ccccc1)N(Cc1ccccc1)C(=O)COc1ccc(I)cc1. The quantitative estimate of drug-likeness (QED) is 0.327. The van der Waals surface area contributed by atoms with Gasteiger partial charge in [0.15, 0.2) is 6.61 Å². The van der Waals surface area contributed by atoms with E-state index in [4.69, 9.17) is 4.74 Å². The van der Waals surface area contributed by atoms with Crippen molar-refractivity contribution in [2.45, 2.75) is 32.9 Å². The highest BCUT2D eigenvalue weighted by Crippen LogP contribution is 2.17. The molecule has 5 nitrogen and oxygen atoms in total. The summed E-state index contributed by atoms with van der Waals surface area (Å²) in [5.41, 5.74) is 1.96. The molecule has 0 aliphatic carbocycles. The van der Waals surface area contributed by atoms with Crippen LogP contribution in [0.3, 0.4) is 0 Å². The lowest BCUT2D eigenvalue weighted by molar-refractivity contribution is -0.142. The smallest absolute Gasteiger partial charge is 0.261 e. The number of halogens is 1. The Bertz CT molecular complexity index is 1040. The maximum Gasteiger partial charge on any atom is 0.261 e. The molecule has 0 bridgehead atoms. The fraction of sp³-hybridized carbons (Fsp3) is 0.286. The number of hydrogen-bond acceptors (Lipinski definition) is 3. The zero-order valence-corrected chi connectivity index (χ0v) is 21.8. The average molecular weight is 570 g/mol. The van der Waals surface area contributed by atoms with Crippen LogP contribution in [0.2, 0.25) is 0 Å². The van der Waals surface area contributed by atoms with Crippen molar-refractivity contribution in [3.05, 3.63) is 99.6 Å². The highest BCUT2D eigenvalue weighted by molar-refractivity contribution is 14.1. The Morgan fingerprint density at radius 3 is 2.06 bits per heavy atom. The zero-order valence-electron chi connectivity index (χ0n) is 19.6. The topological polar surface area (TPSA) is 58.6 Å². The van der Waals surface area contributed by atoms with Crippen LogP contribution in [-0.4, -0.2) is 35.9 Å². The van der Waals surface area contributed by atoms with Crippen LogP contribution < -0.4 is 10.1 Å². The largest absolute Gasteiger partial charge is 0.484 e. The highest BCUT2D eigenvalue weighted by atomic mass is 127. The Hall–Kier alpha value is -2.87. The third-order valence-corrected chi connectivity index (χ3v) is 6.05. The van der Waals surface area contributed by atoms with E-state index in [0.29, 0.717) is 31.2 Å². The molecule has 0 spiro atoms. The first-order chi connectivity index (χ1) is 16.4. The van der Waals surface area contributed by atoms with Crippen molar-refractivity contribution in [3.8, 4) is 5.75 Å². The number of hydrogen-bond donors (Lipinski definition) is 1. The van der Waals surface area contributed by atoms with E-state index < -0.39 is 6.04 Å². The third-order valence-electron chi connectivity index (χ3n) is 5.33. The number of rotatable bonds is 11. The number of amides is 2. The second-order valence-electron chi connectivity index (χ2n) is 8.59. The van der Waals surface area contributed by atoms with Crippen molar-refractivity contribution >= 4 is 34.4 Å². The molecule has 6 heteroatoms. The molecular weight excluding hydrogens is 539 g/mol. The van der Waals surface area contributed by atoms with E-state index in [9.17, 15) is 9.59 Å². The van der Waals surface area contributed by atoms with Crippen molar-refractivity contribution in [1.29, 1.82) is 0 Å². The lowest BCUT2D eigenvalue weighted by atomic mass is 10.0. The molecule has 0 heterocycles. The van der Waals surface area contributed by atoms with Crippen LogP contribution in [0, 0.1) is 9.49 Å². The molecule has 0 fully saturated rings. The Morgan fingerprint density at radius 2 is 1.47 bits per heavy atom. The van der Waals surface area contributed by atoms with Crippen LogP contribution in [-0.2, 0) is 22.6 Å². The molecule has 0 aliphatic rings. The van der Waals surface area contributed by atoms with Crippen LogP contribution in [0.1, 0.15) is 25.0 Å². The number of carbonyl (C=O) groups is 2. The molecule has 1 atom stereocenters. The van der Waals surface area contributed by atoms with Crippen LogP contribution in [0.4, 0.5) is 0 Å². The second-order valence-corrected chi connectivity index (χ2v) is 9.84. The van der Waals surface area contributed by atoms with Gasteiger partial charge in [-0.3, -0.25) is 9.59 Å². The van der Waals surface area contributed by atoms with Crippen molar-refractivity contribution in [2.75, 3.05) is 13.2 Å². The van der Waals surface area contributed by atoms with Crippen LogP contribution in [0.25, 0.3) is 0 Å². The third kappa shape index (κ3) is 8.17. The Kier molecular flexibility index (Phi) is 9.94. The summed E-state index contributed by atoms with van der Waals surface area (Å²) >= 11 is 2.22. The summed E-state index contributed by atoms with van der Waals surface area (Å²) in [5, 5.41) is 3.03. The molecule has 2 amide bonds. The number of ether oxygens (including phenoxy) is 1. The number of nitrogens with zero attached hydrogens (tertiary/aromatic N) is 1. The Morgan fingerprint density at radius 1 is 0.882 bits per heavy atom. The summed E-state index contributed by atoms with van der Waals surface area (Å²) in [7, 11) is 0. The van der Waals surface area contributed by atoms with Gasteiger partial charge in [0.25, 0.3) is 5.91 Å². The molecule has 1 unspecified atom stereocenters. The monoisotopic (exact) mass is 570 g/mol. The van der Waals surface area contributed by atoms with E-state index in [1.165, 1.54) is 0 Å². The predicted molar refractivity (Wildman–Crippen MR) is 143 cm³/mol. The van der Waals surface area contributed by atoms with Crippen molar-refractivity contribution in [1.82, 2.24) is 10.2 Å². The minimum absolute atomic E-state index is 0.143. The number of benzene rings is 3. The fourth-order valence-electron chi connectivity index (χ4n) is 3.52. The van der Waals surface area contributed by atoms with Gasteiger partial charge in [-0.05, 0) is 63.9 Å². The maximum absolute atomic E-state index is 13.5. The molecule has 34 heavy (non-hydrogen) atoms. The predicted octanol–water partition coefficient (Wildman–Crippen LogP) is 5.08. The average Bonchev–Trinajstić information content (AvgIpc) is 2.85. The van der Waals surface area contributed by atoms with Gasteiger partial charge in [-0.1, -0.05) is 74.5 Å². The molecule has 3 rings (SSSR count). The number of nitrogens with one attached hydrogen (secondary N) is 1. The van der Waals surface area contributed by atoms with Crippen molar-refractivity contribution < 1.29 is 14.3 Å². The summed E-state index contributed by atoms with van der Waals surface area (Å²) in [6.45, 7) is 4.83. The van der Waals surface area contributed by atoms with E-state index in [1.807, 2.05) is 98.8 Å². The van der Waals surface area contributed by atoms with E-state index >= 15 is 0 Å². The Balaban J connectivity index is 1.86. The van der Waals surface area contributed by atoms with E-state index in [2.05, 4.69) is 27.9 Å². The first-order valence-corrected chi connectivity index (χ1v) is 12.5. The van der Waals surface area contributed by atoms with Crippen LogP contribution in [0.15, 0.2) is 84.9 Å². The van der Waals surface area contributed by atoms with Gasteiger partial charge in [-0.15, -0.1) is 0 Å². The highest BCUT2D eigenvalue weighted by Gasteiger charge is 2.30. The van der Waals surface area contributed by atoms with Crippen molar-refractivity contribution in [2.24, 2.45) is 5.92 Å². The maximum atomic E-state index is 13.5. The molecule has 1 N–H and O–H groups in total. The summed E-state index contributed by atoms with van der Waals surface area (Å²) in [4.78, 5) is 28.5. The van der Waals surface area contributed by atoms with E-state index in [1.54, 1.807) is 4.90 Å². The van der Waals surface area contributed by atoms with Gasteiger partial charge in [0.1, 0.15) is 11.8 Å². The first-order valence-electron chi connectivity index (χ1n) is 11.5. The van der Waals surface area contributed by atoms with Crippen LogP contribution in [0.5, 0.6) is 5.75 Å². The summed E-state index contributed by atoms with van der Waals surface area (Å²) in [6, 6.07) is 26.4. The molecule has 0 radical (unpaired) electrons. The van der Waals surface area contributed by atoms with Gasteiger partial charge in [0.2, 0.25) is 5.91 Å². The molecular formula is C28H31IN2O3. The van der Waals surface area contributed by atoms with Gasteiger partial charge in [0, 0.05) is 23.1 Å². The lowest BCUT2D eigenvalue weighted by Crippen LogP contribution is -2.52. The second kappa shape index (κ2) is 13.1. The zero-order chi connectivity index (χ0) is 24.3. The van der Waals surface area contributed by atoms with Gasteiger partial charge in [0.05, 0.1) is 0 Å². The normalized spacial score (nSPS) is 11.6. The van der Waals surface area contributed by atoms with E-state index in [0.717, 1.165) is 14.7 Å². The molecule has 3 aromatic carbocycles. The molecule has 0 aliphatic heterocycles. The lowest BCUT2D eigenvalue weighted by Gasteiger charge is -2.31. The molecule has 0 saturated heterocycles. The summed E-state index contributed by atoms with van der Waals surface area (Å²) < 4.78 is 6.88. The van der Waals surface area contributed by atoms with Gasteiger partial charge in [-0.2, -0.15) is 0 Å². The molecule has 178 valence electrons. The standard InChI is InChI=1S/C28H31IN2O3/c1-21(2)18-30-28(33)26(17-22-9-5-3-6-10-22)31(19-23-11-7-4-8-12-23)27(32)20-34-25-15-13-24(29)14-16-25/h3-16,21,26H,17-20H2,1-2H3,(H,30,33). The van der Waals surface area contributed by atoms with E-state index in [-0.39, 0.29) is 18.4 Å². The minimum atomic E-state index is -0.658. The van der Waals surface area contributed by atoms with Gasteiger partial charge in [-0.25, -0.2) is 0 Å². The molecule has 3 aromatic rings. The fourth-order valence-corrected chi connectivity index (χ4v) is 3.87.